The van der Waals surface area contributed by atoms with Crippen LogP contribution in [0.2, 0.25) is 0 Å². The van der Waals surface area contributed by atoms with Crippen molar-refractivity contribution in [3.63, 3.8) is 0 Å². The molecule has 0 N–H and O–H groups in total. The van der Waals surface area contributed by atoms with Crippen LogP contribution in [0.25, 0.3) is 0 Å². The number of hydrogen-bond acceptors (Lipinski definition) is 2. The summed E-state index contributed by atoms with van der Waals surface area (Å²) in [5.41, 5.74) is 3.79. The highest BCUT2D eigenvalue weighted by atomic mass is 16.5. The fourth-order valence-corrected chi connectivity index (χ4v) is 2.77. The van der Waals surface area contributed by atoms with Gasteiger partial charge in [0, 0.05) is 6.07 Å². The molecule has 3 heteroatoms. The van der Waals surface area contributed by atoms with Gasteiger partial charge in [-0.2, -0.15) is 4.74 Å². The average molecular weight is 293 g/mol. The number of hydrogen-bond donors (Lipinski definition) is 0. The van der Waals surface area contributed by atoms with Crippen LogP contribution in [0.5, 0.6) is 0 Å². The second-order valence-electron chi connectivity index (χ2n) is 6.77. The van der Waals surface area contributed by atoms with Crippen LogP contribution in [0.1, 0.15) is 47.8 Å². The molecule has 1 aliphatic heterocycles. The highest BCUT2D eigenvalue weighted by molar-refractivity contribution is 6.52. The maximum Gasteiger partial charge on any atom is 0.273 e. The van der Waals surface area contributed by atoms with E-state index in [4.69, 9.17) is 0 Å². The predicted octanol–water partition coefficient (Wildman–Crippen LogP) is 4.12. The highest BCUT2D eigenvalue weighted by Crippen LogP contribution is 2.33. The Kier molecular flexibility index (Phi) is 3.17. The molecule has 0 radical (unpaired) electrons. The minimum absolute atomic E-state index is 0.0611. The number of carbonyl (C=O) groups is 1. The molecular weight excluding hydrogens is 274 g/mol. The molecule has 0 spiro atoms. The molecule has 2 aromatic carbocycles. The standard InChI is InChI=1S/C19H19NO2/c1-12-7-5-6-8-14(12)17-18(21)15-11-13(19(2,3)4)9-10-16(15)20(17)22/h5-11H,1-4H3. The highest BCUT2D eigenvalue weighted by Gasteiger charge is 2.37. The molecule has 3 rings (SSSR count). The summed E-state index contributed by atoms with van der Waals surface area (Å²) in [7, 11) is 0. The Morgan fingerprint density at radius 3 is 2.32 bits per heavy atom. The minimum atomic E-state index is -0.189. The molecule has 0 atom stereocenters. The molecule has 0 unspecified atom stereocenters. The van der Waals surface area contributed by atoms with Crippen molar-refractivity contribution in [2.75, 3.05) is 0 Å². The molecule has 0 aromatic heterocycles. The number of carbonyl (C=O) groups excluding carboxylic acids is 1. The van der Waals surface area contributed by atoms with Gasteiger partial charge in [-0.1, -0.05) is 45.0 Å². The Morgan fingerprint density at radius 1 is 1.00 bits per heavy atom. The number of rotatable bonds is 1. The van der Waals surface area contributed by atoms with Crippen LogP contribution >= 0.6 is 0 Å². The van der Waals surface area contributed by atoms with E-state index >= 15 is 0 Å². The summed E-state index contributed by atoms with van der Waals surface area (Å²) < 4.78 is 0.770. The van der Waals surface area contributed by atoms with Crippen LogP contribution in [0, 0.1) is 12.1 Å². The molecular formula is C19H19NO2. The van der Waals surface area contributed by atoms with Gasteiger partial charge in [0.25, 0.3) is 11.5 Å². The van der Waals surface area contributed by atoms with E-state index in [0.717, 1.165) is 15.9 Å². The summed E-state index contributed by atoms with van der Waals surface area (Å²) in [6.45, 7) is 8.19. The van der Waals surface area contributed by atoms with Gasteiger partial charge in [0.1, 0.15) is 5.56 Å². The van der Waals surface area contributed by atoms with Crippen molar-refractivity contribution in [3.05, 3.63) is 69.9 Å². The Balaban J connectivity index is 2.16. The van der Waals surface area contributed by atoms with E-state index in [1.54, 1.807) is 6.07 Å². The molecule has 1 aliphatic rings. The Hall–Kier alpha value is -2.42. The lowest BCUT2D eigenvalue weighted by Crippen LogP contribution is -2.18. The first-order valence-corrected chi connectivity index (χ1v) is 7.40. The van der Waals surface area contributed by atoms with E-state index in [-0.39, 0.29) is 16.9 Å². The van der Waals surface area contributed by atoms with Crippen molar-refractivity contribution >= 4 is 17.2 Å². The Morgan fingerprint density at radius 2 is 1.68 bits per heavy atom. The zero-order valence-corrected chi connectivity index (χ0v) is 13.3. The van der Waals surface area contributed by atoms with Crippen LogP contribution in [0.15, 0.2) is 42.5 Å². The first kappa shape index (κ1) is 14.5. The molecule has 0 saturated heterocycles. The SMILES string of the molecule is Cc1ccccc1C1=[N+]([O-])c2ccc(C(C)(C)C)cc2C1=O. The minimum Gasteiger partial charge on any atom is -0.618 e. The molecule has 0 fully saturated rings. The lowest BCUT2D eigenvalue weighted by molar-refractivity contribution is -0.355. The quantitative estimate of drug-likeness (QED) is 0.586. The summed E-state index contributed by atoms with van der Waals surface area (Å²) >= 11 is 0. The second-order valence-corrected chi connectivity index (χ2v) is 6.77. The molecule has 0 aliphatic carbocycles. The predicted molar refractivity (Wildman–Crippen MR) is 88.0 cm³/mol. The van der Waals surface area contributed by atoms with Gasteiger partial charge in [-0.15, -0.1) is 0 Å². The van der Waals surface area contributed by atoms with Crippen molar-refractivity contribution in [1.82, 2.24) is 0 Å². The molecule has 0 bridgehead atoms. The van der Waals surface area contributed by atoms with Gasteiger partial charge in [0.2, 0.25) is 5.69 Å². The van der Waals surface area contributed by atoms with Gasteiger partial charge in [-0.05, 0) is 35.6 Å². The van der Waals surface area contributed by atoms with E-state index in [1.165, 1.54) is 0 Å². The van der Waals surface area contributed by atoms with Crippen LogP contribution < -0.4 is 0 Å². The lowest BCUT2D eigenvalue weighted by atomic mass is 9.85. The smallest absolute Gasteiger partial charge is 0.273 e. The Bertz CT molecular complexity index is 810. The van der Waals surface area contributed by atoms with Gasteiger partial charge < -0.3 is 5.21 Å². The van der Waals surface area contributed by atoms with Gasteiger partial charge in [-0.25, -0.2) is 0 Å². The molecule has 0 saturated carbocycles. The fourth-order valence-electron chi connectivity index (χ4n) is 2.77. The summed E-state index contributed by atoms with van der Waals surface area (Å²) in [6, 6.07) is 13.0. The van der Waals surface area contributed by atoms with E-state index < -0.39 is 0 Å². The van der Waals surface area contributed by atoms with Gasteiger partial charge in [0.05, 0.1) is 5.56 Å². The molecule has 3 nitrogen and oxygen atoms in total. The molecule has 2 aromatic rings. The maximum atomic E-state index is 12.8. The number of nitrogens with zero attached hydrogens (tertiary/aromatic N) is 1. The summed E-state index contributed by atoms with van der Waals surface area (Å²) in [5, 5.41) is 12.6. The molecule has 1 heterocycles. The number of benzene rings is 2. The van der Waals surface area contributed by atoms with E-state index in [0.29, 0.717) is 16.8 Å². The van der Waals surface area contributed by atoms with Crippen LogP contribution in [0.4, 0.5) is 5.69 Å². The van der Waals surface area contributed by atoms with Crippen molar-refractivity contribution in [3.8, 4) is 0 Å². The first-order valence-electron chi connectivity index (χ1n) is 7.40. The van der Waals surface area contributed by atoms with E-state index in [1.807, 2.05) is 43.3 Å². The fraction of sp³-hybridized carbons (Fsp3) is 0.263. The van der Waals surface area contributed by atoms with Crippen LogP contribution in [-0.2, 0) is 5.41 Å². The monoisotopic (exact) mass is 293 g/mol. The number of fused-ring (bicyclic) bond motifs is 1. The topological polar surface area (TPSA) is 43.1 Å². The zero-order valence-electron chi connectivity index (χ0n) is 13.3. The van der Waals surface area contributed by atoms with Crippen molar-refractivity contribution < 1.29 is 9.53 Å². The lowest BCUT2D eigenvalue weighted by Gasteiger charge is -2.19. The zero-order chi connectivity index (χ0) is 16.1. The van der Waals surface area contributed by atoms with Gasteiger partial charge in [-0.3, -0.25) is 4.79 Å². The van der Waals surface area contributed by atoms with Crippen molar-refractivity contribution in [1.29, 1.82) is 0 Å². The van der Waals surface area contributed by atoms with Gasteiger partial charge >= 0.3 is 0 Å². The third-order valence-corrected chi connectivity index (χ3v) is 4.14. The van der Waals surface area contributed by atoms with Crippen LogP contribution in [0.3, 0.4) is 0 Å². The maximum absolute atomic E-state index is 12.8. The second kappa shape index (κ2) is 4.80. The third kappa shape index (κ3) is 2.13. The largest absolute Gasteiger partial charge is 0.618 e. The van der Waals surface area contributed by atoms with Crippen molar-refractivity contribution in [2.45, 2.75) is 33.1 Å². The number of aryl methyl sites for hydroxylation is 1. The Labute approximate surface area is 130 Å². The third-order valence-electron chi connectivity index (χ3n) is 4.14. The summed E-state index contributed by atoms with van der Waals surface area (Å²) in [5.74, 6) is -0.189. The first-order chi connectivity index (χ1) is 10.3. The molecule has 0 amide bonds. The molecule has 112 valence electrons. The van der Waals surface area contributed by atoms with E-state index in [2.05, 4.69) is 20.8 Å². The summed E-state index contributed by atoms with van der Waals surface area (Å²) in [6.07, 6.45) is 0. The normalized spacial score (nSPS) is 14.5. The van der Waals surface area contributed by atoms with Gasteiger partial charge in [0.15, 0.2) is 0 Å². The summed E-state index contributed by atoms with van der Waals surface area (Å²) in [4.78, 5) is 12.8. The van der Waals surface area contributed by atoms with E-state index in [9.17, 15) is 10.0 Å². The average Bonchev–Trinajstić information content (AvgIpc) is 2.71. The van der Waals surface area contributed by atoms with Crippen LogP contribution in [-0.4, -0.2) is 16.2 Å². The number of Topliss-reactive ketones (excluding diaryl/α,β-unsaturated/α-hetero) is 1. The van der Waals surface area contributed by atoms with Crippen molar-refractivity contribution in [2.24, 2.45) is 0 Å². The molecule has 22 heavy (non-hydrogen) atoms. The number of ketones is 1.